The van der Waals surface area contributed by atoms with Crippen molar-refractivity contribution in [1.82, 2.24) is 0 Å². The van der Waals surface area contributed by atoms with Gasteiger partial charge in [-0.25, -0.2) is 4.98 Å². The number of ether oxygens (including phenoxy) is 1. The molecule has 1 amide bonds. The quantitative estimate of drug-likeness (QED) is 0.746. The summed E-state index contributed by atoms with van der Waals surface area (Å²) in [6.45, 7) is 1.46. The third-order valence-electron chi connectivity index (χ3n) is 4.12. The van der Waals surface area contributed by atoms with Crippen LogP contribution in [0, 0.1) is 11.3 Å². The van der Waals surface area contributed by atoms with E-state index in [0.717, 1.165) is 16.8 Å². The SMILES string of the molecule is COc1ccccc1-c1cc(-c2ccc(NC(C)=O)cc2)[nH+]c(N)c1C#N. The average Bonchev–Trinajstić information content (AvgIpc) is 2.67. The second kappa shape index (κ2) is 7.58. The maximum Gasteiger partial charge on any atom is 0.289 e. The standard InChI is InChI=1S/C21H18N4O2/c1-13(26)24-15-9-7-14(8-10-15)19-11-17(18(12-22)21(23)25-19)16-5-3-4-6-20(16)27-2/h3-11H,1-2H3,(H2,23,25)(H,24,26)/p+1. The highest BCUT2D eigenvalue weighted by Gasteiger charge is 2.19. The summed E-state index contributed by atoms with van der Waals surface area (Å²) in [6, 6.07) is 18.9. The van der Waals surface area contributed by atoms with Gasteiger partial charge >= 0.3 is 0 Å². The number of nitrogens with two attached hydrogens (primary N) is 1. The zero-order valence-electron chi connectivity index (χ0n) is 15.0. The zero-order chi connectivity index (χ0) is 19.4. The number of aromatic amines is 1. The number of rotatable bonds is 4. The molecule has 0 aliphatic carbocycles. The Labute approximate surface area is 157 Å². The van der Waals surface area contributed by atoms with Gasteiger partial charge in [-0.05, 0) is 36.4 Å². The highest BCUT2D eigenvalue weighted by atomic mass is 16.5. The van der Waals surface area contributed by atoms with Crippen LogP contribution in [0.1, 0.15) is 12.5 Å². The van der Waals surface area contributed by atoms with Gasteiger partial charge in [0.15, 0.2) is 0 Å². The molecule has 0 bridgehead atoms. The van der Waals surface area contributed by atoms with E-state index in [1.165, 1.54) is 6.92 Å². The molecule has 6 nitrogen and oxygen atoms in total. The molecular weight excluding hydrogens is 340 g/mol. The van der Waals surface area contributed by atoms with Crippen LogP contribution in [0.2, 0.25) is 0 Å². The molecule has 0 fully saturated rings. The van der Waals surface area contributed by atoms with Crippen molar-refractivity contribution in [3.05, 3.63) is 60.2 Å². The molecule has 4 N–H and O–H groups in total. The van der Waals surface area contributed by atoms with Gasteiger partial charge in [-0.3, -0.25) is 10.5 Å². The van der Waals surface area contributed by atoms with Gasteiger partial charge in [0.25, 0.3) is 5.82 Å². The number of hydrogen-bond acceptors (Lipinski definition) is 4. The van der Waals surface area contributed by atoms with Gasteiger partial charge in [0.2, 0.25) is 5.91 Å². The Balaban J connectivity index is 2.12. The maximum atomic E-state index is 11.2. The largest absolute Gasteiger partial charge is 0.496 e. The Kier molecular flexibility index (Phi) is 5.04. The van der Waals surface area contributed by atoms with Crippen LogP contribution in [-0.2, 0) is 4.79 Å². The lowest BCUT2D eigenvalue weighted by Crippen LogP contribution is -2.16. The van der Waals surface area contributed by atoms with Gasteiger partial charge in [-0.15, -0.1) is 0 Å². The first-order valence-corrected chi connectivity index (χ1v) is 8.30. The summed E-state index contributed by atoms with van der Waals surface area (Å²) in [5.74, 6) is 0.809. The van der Waals surface area contributed by atoms with Gasteiger partial charge in [0, 0.05) is 29.3 Å². The number of benzene rings is 2. The van der Waals surface area contributed by atoms with Gasteiger partial charge in [-0.2, -0.15) is 5.26 Å². The fraction of sp³-hybridized carbons (Fsp3) is 0.0952. The second-order valence-electron chi connectivity index (χ2n) is 5.96. The summed E-state index contributed by atoms with van der Waals surface area (Å²) < 4.78 is 5.44. The lowest BCUT2D eigenvalue weighted by molar-refractivity contribution is -0.346. The van der Waals surface area contributed by atoms with Crippen LogP contribution in [0.3, 0.4) is 0 Å². The molecule has 0 radical (unpaired) electrons. The summed E-state index contributed by atoms with van der Waals surface area (Å²) in [7, 11) is 1.59. The molecule has 0 atom stereocenters. The van der Waals surface area contributed by atoms with E-state index >= 15 is 0 Å². The highest BCUT2D eigenvalue weighted by Crippen LogP contribution is 2.35. The van der Waals surface area contributed by atoms with Crippen LogP contribution >= 0.6 is 0 Å². The number of carbonyl (C=O) groups is 1. The van der Waals surface area contributed by atoms with Gasteiger partial charge in [0.1, 0.15) is 23.1 Å². The van der Waals surface area contributed by atoms with E-state index in [-0.39, 0.29) is 11.7 Å². The predicted octanol–water partition coefficient (Wildman–Crippen LogP) is 3.26. The van der Waals surface area contributed by atoms with Crippen molar-refractivity contribution in [3.8, 4) is 34.2 Å². The number of carbonyl (C=O) groups excluding carboxylic acids is 1. The number of amides is 1. The molecule has 0 saturated carbocycles. The number of para-hydroxylation sites is 1. The van der Waals surface area contributed by atoms with Crippen LogP contribution in [0.4, 0.5) is 11.5 Å². The summed E-state index contributed by atoms with van der Waals surface area (Å²) in [5, 5.41) is 12.3. The first kappa shape index (κ1) is 18.0. The van der Waals surface area contributed by atoms with Crippen LogP contribution in [0.25, 0.3) is 22.4 Å². The molecular formula is C21H19N4O2+. The Morgan fingerprint density at radius 3 is 2.48 bits per heavy atom. The number of nitrogen functional groups attached to an aromatic ring is 1. The van der Waals surface area contributed by atoms with E-state index in [1.807, 2.05) is 54.6 Å². The van der Waals surface area contributed by atoms with Crippen molar-refractivity contribution < 1.29 is 14.5 Å². The van der Waals surface area contributed by atoms with E-state index < -0.39 is 0 Å². The number of pyridine rings is 1. The maximum absolute atomic E-state index is 11.2. The van der Waals surface area contributed by atoms with Crippen LogP contribution in [-0.4, -0.2) is 13.0 Å². The summed E-state index contributed by atoms with van der Waals surface area (Å²) in [6.07, 6.45) is 0. The molecule has 0 aliphatic heterocycles. The Morgan fingerprint density at radius 1 is 1.15 bits per heavy atom. The Morgan fingerprint density at radius 2 is 1.85 bits per heavy atom. The second-order valence-corrected chi connectivity index (χ2v) is 5.96. The minimum atomic E-state index is -0.129. The molecule has 0 unspecified atom stereocenters. The number of aromatic nitrogens is 1. The lowest BCUT2D eigenvalue weighted by Gasteiger charge is -2.11. The first-order valence-electron chi connectivity index (χ1n) is 8.30. The first-order chi connectivity index (χ1) is 13.0. The monoisotopic (exact) mass is 359 g/mol. The Bertz CT molecular complexity index is 1040. The van der Waals surface area contributed by atoms with E-state index in [4.69, 9.17) is 10.5 Å². The van der Waals surface area contributed by atoms with Crippen molar-refractivity contribution in [2.45, 2.75) is 6.92 Å². The topological polar surface area (TPSA) is 102 Å². The summed E-state index contributed by atoms with van der Waals surface area (Å²) in [4.78, 5) is 14.2. The van der Waals surface area contributed by atoms with E-state index in [2.05, 4.69) is 16.4 Å². The zero-order valence-corrected chi connectivity index (χ0v) is 15.0. The number of nitrogens with zero attached hydrogens (tertiary/aromatic N) is 1. The third-order valence-corrected chi connectivity index (χ3v) is 4.12. The van der Waals surface area contributed by atoms with Crippen molar-refractivity contribution in [2.75, 3.05) is 18.2 Å². The lowest BCUT2D eigenvalue weighted by atomic mass is 9.97. The average molecular weight is 359 g/mol. The summed E-state index contributed by atoms with van der Waals surface area (Å²) >= 11 is 0. The number of hydrogen-bond donors (Lipinski definition) is 2. The molecule has 6 heteroatoms. The van der Waals surface area contributed by atoms with E-state index in [0.29, 0.717) is 22.6 Å². The van der Waals surface area contributed by atoms with E-state index in [9.17, 15) is 10.1 Å². The number of nitriles is 1. The van der Waals surface area contributed by atoms with Crippen LogP contribution < -0.4 is 20.8 Å². The number of nitrogens with one attached hydrogen (secondary N) is 2. The van der Waals surface area contributed by atoms with Crippen molar-refractivity contribution in [1.29, 1.82) is 5.26 Å². The minimum Gasteiger partial charge on any atom is -0.496 e. The number of methoxy groups -OCH3 is 1. The number of H-pyrrole nitrogens is 1. The molecule has 3 rings (SSSR count). The minimum absolute atomic E-state index is 0.129. The smallest absolute Gasteiger partial charge is 0.289 e. The summed E-state index contributed by atoms with van der Waals surface area (Å²) in [5.41, 5.74) is 10.3. The molecule has 134 valence electrons. The van der Waals surface area contributed by atoms with Crippen LogP contribution in [0.15, 0.2) is 54.6 Å². The van der Waals surface area contributed by atoms with Gasteiger partial charge in [-0.1, -0.05) is 18.2 Å². The third kappa shape index (κ3) is 3.72. The predicted molar refractivity (Wildman–Crippen MR) is 104 cm³/mol. The fourth-order valence-corrected chi connectivity index (χ4v) is 2.90. The van der Waals surface area contributed by atoms with Crippen LogP contribution in [0.5, 0.6) is 5.75 Å². The van der Waals surface area contributed by atoms with Crippen molar-refractivity contribution >= 4 is 17.4 Å². The fourth-order valence-electron chi connectivity index (χ4n) is 2.90. The molecule has 1 heterocycles. The molecule has 2 aromatic carbocycles. The molecule has 3 aromatic rings. The van der Waals surface area contributed by atoms with Gasteiger partial charge < -0.3 is 10.1 Å². The Hall–Kier alpha value is -3.85. The van der Waals surface area contributed by atoms with Crippen molar-refractivity contribution in [2.24, 2.45) is 0 Å². The molecule has 27 heavy (non-hydrogen) atoms. The van der Waals surface area contributed by atoms with Gasteiger partial charge in [0.05, 0.1) is 7.11 Å². The molecule has 0 aliphatic rings. The normalized spacial score (nSPS) is 10.1. The molecule has 1 aromatic heterocycles. The number of anilines is 2. The van der Waals surface area contributed by atoms with E-state index in [1.54, 1.807) is 7.11 Å². The molecule has 0 spiro atoms. The van der Waals surface area contributed by atoms with Crippen molar-refractivity contribution in [3.63, 3.8) is 0 Å². The molecule has 0 saturated heterocycles. The highest BCUT2D eigenvalue weighted by molar-refractivity contribution is 5.89.